The van der Waals surface area contributed by atoms with Gasteiger partial charge in [-0.2, -0.15) is 0 Å². The number of unbranched alkanes of at least 4 members (excludes halogenated alkanes) is 6. The molecule has 0 aromatic heterocycles. The number of rotatable bonds is 13. The molecule has 97 valence electrons. The lowest BCUT2D eigenvalue weighted by Gasteiger charge is -2.06. The topological polar surface area (TPSA) is 24.1 Å². The fraction of sp³-hybridized carbons (Fsp3) is 0.929. The van der Waals surface area contributed by atoms with Crippen LogP contribution in [0, 0.1) is 6.92 Å². The van der Waals surface area contributed by atoms with Crippen LogP contribution in [0.2, 0.25) is 0 Å². The van der Waals surface area contributed by atoms with Crippen LogP contribution in [-0.4, -0.2) is 26.2 Å². The van der Waals surface area contributed by atoms with E-state index in [1.165, 1.54) is 51.5 Å². The lowest BCUT2D eigenvalue weighted by atomic mass is 10.2. The first-order valence-electron chi connectivity index (χ1n) is 7.12. The van der Waals surface area contributed by atoms with Crippen LogP contribution < -0.4 is 10.6 Å². The van der Waals surface area contributed by atoms with Gasteiger partial charge >= 0.3 is 0 Å². The fourth-order valence-corrected chi connectivity index (χ4v) is 1.71. The van der Waals surface area contributed by atoms with E-state index in [2.05, 4.69) is 24.5 Å². The van der Waals surface area contributed by atoms with E-state index < -0.39 is 0 Å². The molecule has 2 nitrogen and oxygen atoms in total. The molecule has 0 aliphatic carbocycles. The van der Waals surface area contributed by atoms with Crippen molar-refractivity contribution in [3.63, 3.8) is 0 Å². The van der Waals surface area contributed by atoms with Gasteiger partial charge in [-0.1, -0.05) is 52.4 Å². The third kappa shape index (κ3) is 13.9. The van der Waals surface area contributed by atoms with Crippen molar-refractivity contribution in [3.8, 4) is 0 Å². The molecule has 0 fully saturated rings. The maximum Gasteiger partial charge on any atom is 0.00767 e. The molecule has 0 aromatic rings. The van der Waals surface area contributed by atoms with Gasteiger partial charge in [0.1, 0.15) is 0 Å². The molecule has 0 bridgehead atoms. The Balaban J connectivity index is 2.83. The summed E-state index contributed by atoms with van der Waals surface area (Å²) in [6, 6.07) is 0. The minimum Gasteiger partial charge on any atom is -0.315 e. The highest BCUT2D eigenvalue weighted by Crippen LogP contribution is 1.97. The van der Waals surface area contributed by atoms with Gasteiger partial charge in [-0.15, -0.1) is 0 Å². The first-order chi connectivity index (χ1) is 7.91. The van der Waals surface area contributed by atoms with E-state index in [1.54, 1.807) is 0 Å². The Bertz CT molecular complexity index is 101. The van der Waals surface area contributed by atoms with Gasteiger partial charge in [-0.25, -0.2) is 0 Å². The molecular formula is C14H31N2. The minimum absolute atomic E-state index is 1.08. The lowest BCUT2D eigenvalue weighted by molar-refractivity contribution is 0.557. The van der Waals surface area contributed by atoms with Crippen molar-refractivity contribution in [1.82, 2.24) is 10.6 Å². The highest BCUT2D eigenvalue weighted by molar-refractivity contribution is 4.53. The second-order valence-corrected chi connectivity index (χ2v) is 4.47. The van der Waals surface area contributed by atoms with Crippen LogP contribution in [-0.2, 0) is 0 Å². The summed E-state index contributed by atoms with van der Waals surface area (Å²) < 4.78 is 0. The molecule has 0 rings (SSSR count). The first-order valence-corrected chi connectivity index (χ1v) is 7.12. The third-order valence-corrected chi connectivity index (χ3v) is 2.79. The largest absolute Gasteiger partial charge is 0.315 e. The van der Waals surface area contributed by atoms with Crippen LogP contribution in [0.1, 0.15) is 58.3 Å². The highest BCUT2D eigenvalue weighted by Gasteiger charge is 1.90. The van der Waals surface area contributed by atoms with E-state index in [9.17, 15) is 0 Å². The molecule has 0 saturated carbocycles. The number of nitrogens with one attached hydrogen (secondary N) is 2. The summed E-state index contributed by atoms with van der Waals surface area (Å²) in [6.45, 7) is 10.7. The number of hydrogen-bond donors (Lipinski definition) is 2. The van der Waals surface area contributed by atoms with Gasteiger partial charge in [-0.3, -0.25) is 0 Å². The molecule has 0 aromatic carbocycles. The third-order valence-electron chi connectivity index (χ3n) is 2.79. The van der Waals surface area contributed by atoms with E-state index in [1.807, 2.05) is 0 Å². The van der Waals surface area contributed by atoms with Gasteiger partial charge in [0.15, 0.2) is 0 Å². The van der Waals surface area contributed by atoms with E-state index in [4.69, 9.17) is 0 Å². The fourth-order valence-electron chi connectivity index (χ4n) is 1.71. The van der Waals surface area contributed by atoms with E-state index in [0.29, 0.717) is 0 Å². The molecule has 2 heteroatoms. The standard InChI is InChI=1S/C14H31N2/c1-3-5-7-9-11-15-13-14-16-12-10-8-6-4-2/h15-16H,1,3-14H2,2H3. The zero-order chi connectivity index (χ0) is 11.9. The van der Waals surface area contributed by atoms with Gasteiger partial charge in [0.25, 0.3) is 0 Å². The smallest absolute Gasteiger partial charge is 0.00767 e. The van der Waals surface area contributed by atoms with Gasteiger partial charge in [0.05, 0.1) is 0 Å². The van der Waals surface area contributed by atoms with Crippen molar-refractivity contribution in [2.45, 2.75) is 58.3 Å². The molecular weight excluding hydrogens is 196 g/mol. The molecule has 0 unspecified atom stereocenters. The Labute approximate surface area is 103 Å². The molecule has 16 heavy (non-hydrogen) atoms. The van der Waals surface area contributed by atoms with Crippen molar-refractivity contribution in [2.24, 2.45) is 0 Å². The van der Waals surface area contributed by atoms with Gasteiger partial charge in [0, 0.05) is 13.1 Å². The predicted molar refractivity (Wildman–Crippen MR) is 73.7 cm³/mol. The van der Waals surface area contributed by atoms with E-state index >= 15 is 0 Å². The van der Waals surface area contributed by atoms with E-state index in [0.717, 1.165) is 26.1 Å². The zero-order valence-corrected chi connectivity index (χ0v) is 11.2. The summed E-state index contributed by atoms with van der Waals surface area (Å²) in [4.78, 5) is 0. The monoisotopic (exact) mass is 227 g/mol. The Morgan fingerprint density at radius 1 is 0.688 bits per heavy atom. The summed E-state index contributed by atoms with van der Waals surface area (Å²) >= 11 is 0. The van der Waals surface area contributed by atoms with Crippen LogP contribution >= 0.6 is 0 Å². The summed E-state index contributed by atoms with van der Waals surface area (Å²) in [5, 5.41) is 6.94. The SMILES string of the molecule is [CH2]CCCCCNCCNCCCCCC. The van der Waals surface area contributed by atoms with Crippen molar-refractivity contribution in [1.29, 1.82) is 0 Å². The summed E-state index contributed by atoms with van der Waals surface area (Å²) in [5.74, 6) is 0. The van der Waals surface area contributed by atoms with Crippen molar-refractivity contribution in [3.05, 3.63) is 6.92 Å². The van der Waals surface area contributed by atoms with Gasteiger partial charge in [-0.05, 0) is 25.9 Å². The average molecular weight is 227 g/mol. The quantitative estimate of drug-likeness (QED) is 0.472. The molecule has 0 heterocycles. The van der Waals surface area contributed by atoms with Crippen LogP contribution in [0.3, 0.4) is 0 Å². The van der Waals surface area contributed by atoms with Crippen molar-refractivity contribution < 1.29 is 0 Å². The van der Waals surface area contributed by atoms with Crippen molar-refractivity contribution >= 4 is 0 Å². The average Bonchev–Trinajstić information content (AvgIpc) is 2.31. The molecule has 2 N–H and O–H groups in total. The molecule has 0 aliphatic rings. The normalized spacial score (nSPS) is 10.9. The maximum atomic E-state index is 3.84. The Kier molecular flexibility index (Phi) is 14.8. The maximum absolute atomic E-state index is 3.84. The molecule has 0 aliphatic heterocycles. The molecule has 0 amide bonds. The lowest BCUT2D eigenvalue weighted by Crippen LogP contribution is -2.28. The molecule has 0 spiro atoms. The Hall–Kier alpha value is -0.0800. The molecule has 1 radical (unpaired) electrons. The van der Waals surface area contributed by atoms with Crippen LogP contribution in [0.25, 0.3) is 0 Å². The predicted octanol–water partition coefficient (Wildman–Crippen LogP) is 3.14. The van der Waals surface area contributed by atoms with Gasteiger partial charge < -0.3 is 10.6 Å². The van der Waals surface area contributed by atoms with Crippen LogP contribution in [0.5, 0.6) is 0 Å². The Morgan fingerprint density at radius 2 is 1.25 bits per heavy atom. The molecule has 0 atom stereocenters. The minimum atomic E-state index is 1.08. The van der Waals surface area contributed by atoms with Crippen LogP contribution in [0.4, 0.5) is 0 Å². The summed E-state index contributed by atoms with van der Waals surface area (Å²) in [7, 11) is 0. The van der Waals surface area contributed by atoms with Crippen LogP contribution in [0.15, 0.2) is 0 Å². The highest BCUT2D eigenvalue weighted by atomic mass is 14.9. The zero-order valence-electron chi connectivity index (χ0n) is 11.2. The second kappa shape index (κ2) is 14.9. The number of hydrogen-bond acceptors (Lipinski definition) is 2. The Morgan fingerprint density at radius 3 is 1.75 bits per heavy atom. The van der Waals surface area contributed by atoms with Gasteiger partial charge in [0.2, 0.25) is 0 Å². The summed E-state index contributed by atoms with van der Waals surface area (Å²) in [5.41, 5.74) is 0. The van der Waals surface area contributed by atoms with Crippen molar-refractivity contribution in [2.75, 3.05) is 26.2 Å². The van der Waals surface area contributed by atoms with E-state index in [-0.39, 0.29) is 0 Å². The summed E-state index contributed by atoms with van der Waals surface area (Å²) in [6.07, 6.45) is 10.4. The first kappa shape index (κ1) is 15.9. The molecule has 0 saturated heterocycles. The second-order valence-electron chi connectivity index (χ2n) is 4.47.